The number of hydrogen-bond donors (Lipinski definition) is 1. The fourth-order valence-electron chi connectivity index (χ4n) is 1.73. The lowest BCUT2D eigenvalue weighted by Crippen LogP contribution is -2.34. The molecule has 0 radical (unpaired) electrons. The van der Waals surface area contributed by atoms with Crippen molar-refractivity contribution < 1.29 is 9.53 Å². The first-order valence-electron chi connectivity index (χ1n) is 6.39. The Balaban J connectivity index is 1.88. The summed E-state index contributed by atoms with van der Waals surface area (Å²) in [6, 6.07) is 10.6. The number of pyridine rings is 1. The number of aromatic amines is 1. The molecule has 0 atom stereocenters. The van der Waals surface area contributed by atoms with Crippen LogP contribution in [0.25, 0.3) is 0 Å². The van der Waals surface area contributed by atoms with E-state index in [2.05, 4.69) is 20.9 Å². The fourth-order valence-corrected chi connectivity index (χ4v) is 1.99. The molecule has 2 rings (SSSR count). The van der Waals surface area contributed by atoms with Gasteiger partial charge in [-0.3, -0.25) is 9.59 Å². The van der Waals surface area contributed by atoms with Crippen LogP contribution in [0, 0.1) is 0 Å². The zero-order valence-corrected chi connectivity index (χ0v) is 13.1. The maximum absolute atomic E-state index is 12.1. The molecule has 0 fully saturated rings. The number of nitrogens with zero attached hydrogens (tertiary/aromatic N) is 1. The van der Waals surface area contributed by atoms with Gasteiger partial charge in [0.25, 0.3) is 11.5 Å². The number of ether oxygens (including phenoxy) is 1. The average Bonchev–Trinajstić information content (AvgIpc) is 2.49. The summed E-state index contributed by atoms with van der Waals surface area (Å²) in [4.78, 5) is 27.6. The summed E-state index contributed by atoms with van der Waals surface area (Å²) in [5.41, 5.74) is -0.258. The Morgan fingerprint density at radius 3 is 2.67 bits per heavy atom. The molecular weight excluding hydrogens is 336 g/mol. The molecule has 1 aromatic carbocycles. The lowest BCUT2D eigenvalue weighted by atomic mass is 10.2. The third-order valence-electron chi connectivity index (χ3n) is 2.90. The van der Waals surface area contributed by atoms with E-state index in [9.17, 15) is 9.59 Å². The van der Waals surface area contributed by atoms with Crippen LogP contribution >= 0.6 is 15.9 Å². The molecule has 21 heavy (non-hydrogen) atoms. The predicted molar refractivity (Wildman–Crippen MR) is 83.7 cm³/mol. The summed E-state index contributed by atoms with van der Waals surface area (Å²) < 4.78 is 6.52. The van der Waals surface area contributed by atoms with Crippen molar-refractivity contribution in [2.75, 3.05) is 20.2 Å². The van der Waals surface area contributed by atoms with Crippen LogP contribution in [0.4, 0.5) is 0 Å². The van der Waals surface area contributed by atoms with Crippen molar-refractivity contribution in [3.63, 3.8) is 0 Å². The Hall–Kier alpha value is -2.08. The first kappa shape index (κ1) is 15.3. The molecule has 1 N–H and O–H groups in total. The van der Waals surface area contributed by atoms with Gasteiger partial charge in [0.05, 0.1) is 6.54 Å². The molecule has 0 bridgehead atoms. The molecule has 5 nitrogen and oxygen atoms in total. The van der Waals surface area contributed by atoms with Gasteiger partial charge in [-0.2, -0.15) is 0 Å². The van der Waals surface area contributed by atoms with Crippen molar-refractivity contribution in [3.8, 4) is 5.75 Å². The minimum atomic E-state index is -0.386. The summed E-state index contributed by atoms with van der Waals surface area (Å²) in [6.07, 6.45) is 1.50. The Morgan fingerprint density at radius 1 is 1.29 bits per heavy atom. The topological polar surface area (TPSA) is 62.4 Å². The van der Waals surface area contributed by atoms with E-state index in [1.807, 2.05) is 24.3 Å². The van der Waals surface area contributed by atoms with Gasteiger partial charge in [-0.15, -0.1) is 0 Å². The van der Waals surface area contributed by atoms with Crippen molar-refractivity contribution in [2.24, 2.45) is 0 Å². The van der Waals surface area contributed by atoms with Crippen LogP contribution in [0.1, 0.15) is 10.4 Å². The molecule has 0 aliphatic heterocycles. The Morgan fingerprint density at radius 2 is 2.00 bits per heavy atom. The van der Waals surface area contributed by atoms with Gasteiger partial charge < -0.3 is 14.6 Å². The number of carbonyl (C=O) groups is 1. The molecule has 0 aliphatic rings. The summed E-state index contributed by atoms with van der Waals surface area (Å²) in [6.45, 7) is 0.748. The van der Waals surface area contributed by atoms with E-state index >= 15 is 0 Å². The summed E-state index contributed by atoms with van der Waals surface area (Å²) in [7, 11) is 1.64. The third-order valence-corrected chi connectivity index (χ3v) is 3.43. The van der Waals surface area contributed by atoms with Gasteiger partial charge in [0.15, 0.2) is 0 Å². The van der Waals surface area contributed by atoms with Crippen LogP contribution in [0.5, 0.6) is 5.75 Å². The molecule has 1 amide bonds. The van der Waals surface area contributed by atoms with Crippen LogP contribution in [0.15, 0.2) is 51.9 Å². The lowest BCUT2D eigenvalue weighted by molar-refractivity contribution is 0.0772. The number of likely N-dealkylation sites (N-methyl/N-ethyl adjacent to an activating group) is 1. The van der Waals surface area contributed by atoms with E-state index in [0.29, 0.717) is 13.2 Å². The smallest absolute Gasteiger partial charge is 0.260 e. The van der Waals surface area contributed by atoms with Crippen LogP contribution in [-0.4, -0.2) is 36.0 Å². The van der Waals surface area contributed by atoms with Gasteiger partial charge in [-0.25, -0.2) is 0 Å². The second-order valence-electron chi connectivity index (χ2n) is 4.44. The number of halogens is 1. The molecule has 6 heteroatoms. The number of aromatic nitrogens is 1. The fraction of sp³-hybridized carbons (Fsp3) is 0.200. The SMILES string of the molecule is CN(CCOc1ccc(Br)cc1)C(=O)c1ccc[nH]c1=O. The quantitative estimate of drug-likeness (QED) is 0.899. The second kappa shape index (κ2) is 7.08. The molecule has 1 aromatic heterocycles. The Labute approximate surface area is 130 Å². The number of hydrogen-bond acceptors (Lipinski definition) is 3. The Kier molecular flexibility index (Phi) is 5.16. The van der Waals surface area contributed by atoms with Gasteiger partial charge >= 0.3 is 0 Å². The van der Waals surface area contributed by atoms with E-state index in [-0.39, 0.29) is 17.0 Å². The van der Waals surface area contributed by atoms with E-state index in [0.717, 1.165) is 10.2 Å². The first-order chi connectivity index (χ1) is 10.1. The molecule has 0 unspecified atom stereocenters. The highest BCUT2D eigenvalue weighted by Crippen LogP contribution is 2.15. The maximum atomic E-state index is 12.1. The monoisotopic (exact) mass is 350 g/mol. The highest BCUT2D eigenvalue weighted by molar-refractivity contribution is 9.10. The van der Waals surface area contributed by atoms with Crippen molar-refractivity contribution in [2.45, 2.75) is 0 Å². The van der Waals surface area contributed by atoms with E-state index in [1.165, 1.54) is 17.2 Å². The standard InChI is InChI=1S/C15H15BrN2O3/c1-18(15(20)13-3-2-8-17-14(13)19)9-10-21-12-6-4-11(16)5-7-12/h2-8H,9-10H2,1H3,(H,17,19). The van der Waals surface area contributed by atoms with Crippen LogP contribution in [0.3, 0.4) is 0 Å². The summed E-state index contributed by atoms with van der Waals surface area (Å²) in [5, 5.41) is 0. The van der Waals surface area contributed by atoms with Crippen LogP contribution in [0.2, 0.25) is 0 Å². The molecule has 2 aromatic rings. The number of carbonyl (C=O) groups excluding carboxylic acids is 1. The third kappa shape index (κ3) is 4.19. The van der Waals surface area contributed by atoms with E-state index < -0.39 is 0 Å². The zero-order chi connectivity index (χ0) is 15.2. The second-order valence-corrected chi connectivity index (χ2v) is 5.36. The molecule has 0 aliphatic carbocycles. The first-order valence-corrected chi connectivity index (χ1v) is 7.19. The summed E-state index contributed by atoms with van der Waals surface area (Å²) in [5.74, 6) is 0.410. The minimum absolute atomic E-state index is 0.128. The largest absolute Gasteiger partial charge is 0.492 e. The number of nitrogens with one attached hydrogen (secondary N) is 1. The molecule has 0 spiro atoms. The van der Waals surface area contributed by atoms with Gasteiger partial charge in [-0.1, -0.05) is 15.9 Å². The number of rotatable bonds is 5. The van der Waals surface area contributed by atoms with E-state index in [1.54, 1.807) is 13.1 Å². The molecule has 1 heterocycles. The highest BCUT2D eigenvalue weighted by atomic mass is 79.9. The molecular formula is C15H15BrN2O3. The lowest BCUT2D eigenvalue weighted by Gasteiger charge is -2.17. The Bertz CT molecular complexity index is 667. The molecule has 0 saturated heterocycles. The van der Waals surface area contributed by atoms with Crippen molar-refractivity contribution in [1.82, 2.24) is 9.88 Å². The number of benzene rings is 1. The number of amides is 1. The van der Waals surface area contributed by atoms with Gasteiger partial charge in [0, 0.05) is 17.7 Å². The average molecular weight is 351 g/mol. The van der Waals surface area contributed by atoms with Crippen LogP contribution < -0.4 is 10.3 Å². The van der Waals surface area contributed by atoms with Gasteiger partial charge in [-0.05, 0) is 36.4 Å². The number of H-pyrrole nitrogens is 1. The zero-order valence-electron chi connectivity index (χ0n) is 11.5. The molecule has 110 valence electrons. The minimum Gasteiger partial charge on any atom is -0.492 e. The van der Waals surface area contributed by atoms with Crippen molar-refractivity contribution in [3.05, 3.63) is 63.0 Å². The van der Waals surface area contributed by atoms with Crippen LogP contribution in [-0.2, 0) is 0 Å². The molecule has 0 saturated carbocycles. The van der Waals surface area contributed by atoms with Gasteiger partial charge in [0.1, 0.15) is 17.9 Å². The van der Waals surface area contributed by atoms with Crippen molar-refractivity contribution >= 4 is 21.8 Å². The predicted octanol–water partition coefficient (Wildman–Crippen LogP) is 2.29. The summed E-state index contributed by atoms with van der Waals surface area (Å²) >= 11 is 3.35. The van der Waals surface area contributed by atoms with Crippen molar-refractivity contribution in [1.29, 1.82) is 0 Å². The van der Waals surface area contributed by atoms with E-state index in [4.69, 9.17) is 4.74 Å². The maximum Gasteiger partial charge on any atom is 0.260 e. The normalized spacial score (nSPS) is 10.2. The highest BCUT2D eigenvalue weighted by Gasteiger charge is 2.14. The van der Waals surface area contributed by atoms with Gasteiger partial charge in [0.2, 0.25) is 0 Å².